The van der Waals surface area contributed by atoms with Crippen molar-refractivity contribution in [3.05, 3.63) is 53.5 Å². The third kappa shape index (κ3) is 4.82. The number of halogens is 1. The van der Waals surface area contributed by atoms with Crippen LogP contribution in [0.1, 0.15) is 73.2 Å². The number of fused-ring (bicyclic) bond motifs is 3. The van der Waals surface area contributed by atoms with Crippen LogP contribution in [0, 0.1) is 11.2 Å². The van der Waals surface area contributed by atoms with E-state index >= 15 is 0 Å². The van der Waals surface area contributed by atoms with E-state index in [4.69, 9.17) is 10.8 Å². The molecule has 0 spiro atoms. The molecule has 0 saturated heterocycles. The summed E-state index contributed by atoms with van der Waals surface area (Å²) >= 11 is 0. The van der Waals surface area contributed by atoms with Gasteiger partial charge in [-0.2, -0.15) is 0 Å². The monoisotopic (exact) mass is 479 g/mol. The SMILES string of the molecule is CC1(C)CC(=O)n2c(c(-c3ccc(C(N)=O)c(NC4CCCCC4)c3)c3ccc(F)cc32)C1.CO. The van der Waals surface area contributed by atoms with Gasteiger partial charge in [0.15, 0.2) is 0 Å². The first-order chi connectivity index (χ1) is 16.7. The number of amides is 1. The van der Waals surface area contributed by atoms with Gasteiger partial charge in [0, 0.05) is 41.9 Å². The zero-order valence-corrected chi connectivity index (χ0v) is 20.7. The van der Waals surface area contributed by atoms with E-state index in [9.17, 15) is 14.0 Å². The van der Waals surface area contributed by atoms with E-state index in [2.05, 4.69) is 19.2 Å². The summed E-state index contributed by atoms with van der Waals surface area (Å²) in [6, 6.07) is 10.6. The highest BCUT2D eigenvalue weighted by molar-refractivity contribution is 6.06. The highest BCUT2D eigenvalue weighted by Gasteiger charge is 2.35. The first kappa shape index (κ1) is 24.9. The molecule has 186 valence electrons. The fourth-order valence-corrected chi connectivity index (χ4v) is 5.59. The normalized spacial score (nSPS) is 17.5. The molecule has 6 nitrogen and oxygen atoms in total. The number of nitrogens with zero attached hydrogens (tertiary/aromatic N) is 1. The molecule has 5 rings (SSSR count). The van der Waals surface area contributed by atoms with Crippen LogP contribution in [-0.2, 0) is 6.42 Å². The maximum absolute atomic E-state index is 14.2. The zero-order valence-electron chi connectivity index (χ0n) is 20.7. The molecule has 4 N–H and O–H groups in total. The molecule has 0 atom stereocenters. The van der Waals surface area contributed by atoms with E-state index in [1.807, 2.05) is 12.1 Å². The molecule has 1 aliphatic heterocycles. The molecule has 0 bridgehead atoms. The van der Waals surface area contributed by atoms with Gasteiger partial charge < -0.3 is 16.2 Å². The highest BCUT2D eigenvalue weighted by Crippen LogP contribution is 2.43. The summed E-state index contributed by atoms with van der Waals surface area (Å²) in [5.74, 6) is -0.852. The Labute approximate surface area is 205 Å². The first-order valence-electron chi connectivity index (χ1n) is 12.2. The number of carbonyl (C=O) groups is 2. The van der Waals surface area contributed by atoms with Crippen LogP contribution in [0.25, 0.3) is 22.0 Å². The van der Waals surface area contributed by atoms with Crippen LogP contribution in [0.5, 0.6) is 0 Å². The van der Waals surface area contributed by atoms with E-state index in [-0.39, 0.29) is 17.1 Å². The number of aromatic nitrogens is 1. The topological polar surface area (TPSA) is 97.4 Å². The average Bonchev–Trinajstić information content (AvgIpc) is 3.13. The molecule has 1 fully saturated rings. The molecule has 1 aromatic heterocycles. The highest BCUT2D eigenvalue weighted by atomic mass is 19.1. The van der Waals surface area contributed by atoms with E-state index in [1.165, 1.54) is 31.4 Å². The summed E-state index contributed by atoms with van der Waals surface area (Å²) in [7, 11) is 1.00. The minimum atomic E-state index is -0.470. The molecule has 1 saturated carbocycles. The Kier molecular flexibility index (Phi) is 6.99. The van der Waals surface area contributed by atoms with Gasteiger partial charge in [-0.25, -0.2) is 4.39 Å². The van der Waals surface area contributed by atoms with E-state index in [0.29, 0.717) is 30.0 Å². The van der Waals surface area contributed by atoms with Crippen LogP contribution in [0.4, 0.5) is 10.1 Å². The molecule has 0 radical (unpaired) electrons. The standard InChI is InChI=1S/C27H30FN3O2.CH4O/c1-27(2)14-23-25(20-11-9-17(28)13-22(20)31(23)24(32)15-27)16-8-10-19(26(29)33)21(12-16)30-18-6-4-3-5-7-18;1-2/h8-13,18,30H,3-7,14-15H2,1-2H3,(H2,29,33);2H,1H3. The Morgan fingerprint density at radius 1 is 1.09 bits per heavy atom. The number of benzene rings is 2. The van der Waals surface area contributed by atoms with Crippen LogP contribution in [0.15, 0.2) is 36.4 Å². The van der Waals surface area contributed by atoms with E-state index < -0.39 is 5.91 Å². The van der Waals surface area contributed by atoms with Gasteiger partial charge in [-0.15, -0.1) is 0 Å². The predicted octanol–water partition coefficient (Wildman–Crippen LogP) is 5.51. The maximum atomic E-state index is 14.2. The Morgan fingerprint density at radius 3 is 2.49 bits per heavy atom. The number of hydrogen-bond acceptors (Lipinski definition) is 4. The third-order valence-electron chi connectivity index (χ3n) is 7.09. The number of rotatable bonds is 4. The van der Waals surface area contributed by atoms with Gasteiger partial charge in [0.1, 0.15) is 5.82 Å². The van der Waals surface area contributed by atoms with Gasteiger partial charge >= 0.3 is 0 Å². The van der Waals surface area contributed by atoms with Gasteiger partial charge in [0.05, 0.1) is 11.1 Å². The number of carbonyl (C=O) groups excluding carboxylic acids is 2. The Balaban J connectivity index is 0.00000141. The molecule has 0 unspecified atom stereocenters. The van der Waals surface area contributed by atoms with Crippen molar-refractivity contribution in [2.45, 2.75) is 64.8 Å². The number of primary amides is 1. The molecule has 7 heteroatoms. The molecule has 35 heavy (non-hydrogen) atoms. The van der Waals surface area contributed by atoms with Crippen molar-refractivity contribution >= 4 is 28.4 Å². The van der Waals surface area contributed by atoms with Crippen LogP contribution in [-0.4, -0.2) is 34.6 Å². The summed E-state index contributed by atoms with van der Waals surface area (Å²) in [5, 5.41) is 11.4. The van der Waals surface area contributed by atoms with Crippen molar-refractivity contribution < 1.29 is 19.1 Å². The molecule has 2 aromatic carbocycles. The summed E-state index contributed by atoms with van der Waals surface area (Å²) in [4.78, 5) is 25.3. The third-order valence-corrected chi connectivity index (χ3v) is 7.09. The largest absolute Gasteiger partial charge is 0.400 e. The second-order valence-corrected chi connectivity index (χ2v) is 10.3. The number of hydrogen-bond donors (Lipinski definition) is 3. The number of anilines is 1. The van der Waals surface area contributed by atoms with Crippen LogP contribution >= 0.6 is 0 Å². The predicted molar refractivity (Wildman–Crippen MR) is 137 cm³/mol. The average molecular weight is 480 g/mol. The molecule has 2 heterocycles. The summed E-state index contributed by atoms with van der Waals surface area (Å²) in [6.45, 7) is 4.17. The van der Waals surface area contributed by atoms with E-state index in [1.54, 1.807) is 16.7 Å². The lowest BCUT2D eigenvalue weighted by molar-refractivity contribution is 0.0816. The number of aliphatic hydroxyl groups excluding tert-OH is 1. The zero-order chi connectivity index (χ0) is 25.3. The summed E-state index contributed by atoms with van der Waals surface area (Å²) in [6.07, 6.45) is 6.82. The lowest BCUT2D eigenvalue weighted by atomic mass is 9.80. The number of aliphatic hydroxyl groups is 1. The Morgan fingerprint density at radius 2 is 1.80 bits per heavy atom. The molecular formula is C28H34FN3O3. The van der Waals surface area contributed by atoms with Crippen molar-refractivity contribution in [3.63, 3.8) is 0 Å². The van der Waals surface area contributed by atoms with Crippen molar-refractivity contribution in [1.82, 2.24) is 4.57 Å². The minimum Gasteiger partial charge on any atom is -0.400 e. The second-order valence-electron chi connectivity index (χ2n) is 10.3. The van der Waals surface area contributed by atoms with Crippen LogP contribution in [0.2, 0.25) is 0 Å². The Bertz CT molecular complexity index is 1270. The van der Waals surface area contributed by atoms with Gasteiger partial charge in [0.2, 0.25) is 5.91 Å². The smallest absolute Gasteiger partial charge is 0.250 e. The quantitative estimate of drug-likeness (QED) is 0.459. The van der Waals surface area contributed by atoms with Crippen molar-refractivity contribution in [3.8, 4) is 11.1 Å². The lowest BCUT2D eigenvalue weighted by Gasteiger charge is -2.30. The van der Waals surface area contributed by atoms with Gasteiger partial charge in [-0.3, -0.25) is 14.2 Å². The minimum absolute atomic E-state index is 0.0163. The molecule has 1 aliphatic carbocycles. The Hall–Kier alpha value is -3.19. The van der Waals surface area contributed by atoms with Crippen molar-refractivity contribution in [2.24, 2.45) is 11.1 Å². The molecule has 2 aliphatic rings. The van der Waals surface area contributed by atoms with Crippen LogP contribution in [0.3, 0.4) is 0 Å². The van der Waals surface area contributed by atoms with Crippen molar-refractivity contribution in [2.75, 3.05) is 12.4 Å². The molecule has 1 amide bonds. The van der Waals surface area contributed by atoms with E-state index in [0.717, 1.165) is 47.8 Å². The van der Waals surface area contributed by atoms with Gasteiger partial charge in [0.25, 0.3) is 5.91 Å². The fraction of sp³-hybridized carbons (Fsp3) is 0.429. The second kappa shape index (κ2) is 9.82. The number of nitrogens with one attached hydrogen (secondary N) is 1. The number of nitrogens with two attached hydrogens (primary N) is 1. The van der Waals surface area contributed by atoms with Gasteiger partial charge in [-0.05, 0) is 60.6 Å². The van der Waals surface area contributed by atoms with Gasteiger partial charge in [-0.1, -0.05) is 39.2 Å². The summed E-state index contributed by atoms with van der Waals surface area (Å²) < 4.78 is 15.9. The first-order valence-corrected chi connectivity index (χ1v) is 12.2. The van der Waals surface area contributed by atoms with Crippen LogP contribution < -0.4 is 11.1 Å². The van der Waals surface area contributed by atoms with Crippen molar-refractivity contribution in [1.29, 1.82) is 0 Å². The lowest BCUT2D eigenvalue weighted by Crippen LogP contribution is -2.31. The molecular weight excluding hydrogens is 445 g/mol. The molecule has 3 aromatic rings. The fourth-order valence-electron chi connectivity index (χ4n) is 5.59. The maximum Gasteiger partial charge on any atom is 0.250 e. The summed E-state index contributed by atoms with van der Waals surface area (Å²) in [5.41, 5.74) is 10.0.